The molecule has 1 aromatic heterocycles. The summed E-state index contributed by atoms with van der Waals surface area (Å²) in [5, 5.41) is 4.03. The van der Waals surface area contributed by atoms with Gasteiger partial charge in [0, 0.05) is 5.56 Å². The van der Waals surface area contributed by atoms with E-state index in [-0.39, 0.29) is 10.0 Å². The maximum absolute atomic E-state index is 13.3. The Hall–Kier alpha value is -2.87. The second kappa shape index (κ2) is 7.57. The monoisotopic (exact) mass is 377 g/mol. The summed E-state index contributed by atoms with van der Waals surface area (Å²) in [6.45, 7) is 0. The Kier molecular flexibility index (Phi) is 5.22. The third-order valence-corrected chi connectivity index (χ3v) is 4.44. The van der Waals surface area contributed by atoms with Gasteiger partial charge in [-0.2, -0.15) is 18.3 Å². The number of hydrogen-bond acceptors (Lipinski definition) is 5. The number of aromatic nitrogens is 1. The van der Waals surface area contributed by atoms with Gasteiger partial charge in [-0.3, -0.25) is 5.43 Å². The number of benzene rings is 2. The predicted octanol–water partition coefficient (Wildman–Crippen LogP) is 5.28. The van der Waals surface area contributed by atoms with E-state index in [1.54, 1.807) is 42.5 Å². The lowest BCUT2D eigenvalue weighted by Crippen LogP contribution is -2.07. The van der Waals surface area contributed by atoms with E-state index in [0.29, 0.717) is 16.9 Å². The van der Waals surface area contributed by atoms with Crippen molar-refractivity contribution in [3.05, 3.63) is 65.9 Å². The van der Waals surface area contributed by atoms with E-state index in [1.807, 2.05) is 12.1 Å². The van der Waals surface area contributed by atoms with Gasteiger partial charge in [-0.15, -0.1) is 0 Å². The molecule has 0 unspecified atom stereocenters. The molecule has 134 valence electrons. The van der Waals surface area contributed by atoms with Crippen molar-refractivity contribution in [3.63, 3.8) is 0 Å². The highest BCUT2D eigenvalue weighted by Gasteiger charge is 2.37. The van der Waals surface area contributed by atoms with Gasteiger partial charge in [0.2, 0.25) is 5.13 Å². The van der Waals surface area contributed by atoms with Crippen LogP contribution in [-0.2, 0) is 6.18 Å². The molecular formula is C18H14F3N3OS. The lowest BCUT2D eigenvalue weighted by molar-refractivity contribution is -0.140. The molecular weight excluding hydrogens is 363 g/mol. The number of ether oxygens (including phenoxy) is 1. The van der Waals surface area contributed by atoms with Crippen LogP contribution >= 0.6 is 11.3 Å². The zero-order chi connectivity index (χ0) is 18.6. The number of methoxy groups -OCH3 is 1. The standard InChI is InChI=1S/C18H14F3N3OS/c1-25-14-10-6-5-9-13(14)11-22-24-17-23-16(18(19,20)21)15(26-17)12-7-3-2-4-8-12/h2-11H,1H3,(H,23,24)/b22-11+. The highest BCUT2D eigenvalue weighted by Crippen LogP contribution is 2.41. The summed E-state index contributed by atoms with van der Waals surface area (Å²) < 4.78 is 45.1. The molecule has 3 aromatic rings. The zero-order valence-electron chi connectivity index (χ0n) is 13.6. The predicted molar refractivity (Wildman–Crippen MR) is 96.8 cm³/mol. The molecule has 0 saturated carbocycles. The molecule has 0 aliphatic rings. The fourth-order valence-electron chi connectivity index (χ4n) is 2.28. The number of hydrogen-bond donors (Lipinski definition) is 1. The average molecular weight is 377 g/mol. The second-order valence-electron chi connectivity index (χ2n) is 5.17. The molecule has 0 fully saturated rings. The topological polar surface area (TPSA) is 46.5 Å². The number of anilines is 1. The summed E-state index contributed by atoms with van der Waals surface area (Å²) in [5.41, 5.74) is 2.79. The third-order valence-electron chi connectivity index (χ3n) is 3.43. The Labute approximate surface area is 152 Å². The Morgan fingerprint density at radius 1 is 1.08 bits per heavy atom. The van der Waals surface area contributed by atoms with E-state index in [0.717, 1.165) is 11.3 Å². The maximum Gasteiger partial charge on any atom is 0.434 e. The Bertz CT molecular complexity index is 908. The molecule has 0 spiro atoms. The van der Waals surface area contributed by atoms with Gasteiger partial charge < -0.3 is 4.74 Å². The fourth-order valence-corrected chi connectivity index (χ4v) is 3.22. The van der Waals surface area contributed by atoms with E-state index in [4.69, 9.17) is 4.74 Å². The van der Waals surface area contributed by atoms with Crippen molar-refractivity contribution in [2.45, 2.75) is 6.18 Å². The summed E-state index contributed by atoms with van der Waals surface area (Å²) in [7, 11) is 1.53. The highest BCUT2D eigenvalue weighted by atomic mass is 32.1. The molecule has 3 rings (SSSR count). The smallest absolute Gasteiger partial charge is 0.434 e. The molecule has 1 N–H and O–H groups in total. The minimum Gasteiger partial charge on any atom is -0.496 e. The van der Waals surface area contributed by atoms with Crippen LogP contribution in [0.25, 0.3) is 10.4 Å². The van der Waals surface area contributed by atoms with Crippen LogP contribution in [0.15, 0.2) is 59.7 Å². The Morgan fingerprint density at radius 3 is 2.46 bits per heavy atom. The van der Waals surface area contributed by atoms with E-state index < -0.39 is 11.9 Å². The quantitative estimate of drug-likeness (QED) is 0.486. The van der Waals surface area contributed by atoms with Crippen LogP contribution in [-0.4, -0.2) is 18.3 Å². The lowest BCUT2D eigenvalue weighted by atomic mass is 10.1. The summed E-state index contributed by atoms with van der Waals surface area (Å²) in [6.07, 6.45) is -3.08. The van der Waals surface area contributed by atoms with Gasteiger partial charge in [0.05, 0.1) is 18.2 Å². The molecule has 8 heteroatoms. The molecule has 0 radical (unpaired) electrons. The van der Waals surface area contributed by atoms with Gasteiger partial charge in [-0.05, 0) is 17.7 Å². The molecule has 4 nitrogen and oxygen atoms in total. The van der Waals surface area contributed by atoms with Gasteiger partial charge in [0.1, 0.15) is 5.75 Å². The zero-order valence-corrected chi connectivity index (χ0v) is 14.4. The molecule has 1 heterocycles. The van der Waals surface area contributed by atoms with Gasteiger partial charge in [0.15, 0.2) is 5.69 Å². The first-order valence-corrected chi connectivity index (χ1v) is 8.36. The number of alkyl halides is 3. The lowest BCUT2D eigenvalue weighted by Gasteiger charge is -2.05. The third kappa shape index (κ3) is 4.02. The van der Waals surface area contributed by atoms with Crippen molar-refractivity contribution in [3.8, 4) is 16.2 Å². The van der Waals surface area contributed by atoms with Crippen LogP contribution in [0.1, 0.15) is 11.3 Å². The average Bonchev–Trinajstić information content (AvgIpc) is 3.08. The fraction of sp³-hybridized carbons (Fsp3) is 0.111. The van der Waals surface area contributed by atoms with Crippen LogP contribution < -0.4 is 10.2 Å². The first kappa shape index (κ1) is 17.9. The van der Waals surface area contributed by atoms with Crippen molar-refractivity contribution in [1.29, 1.82) is 0 Å². The molecule has 0 amide bonds. The van der Waals surface area contributed by atoms with E-state index in [1.165, 1.54) is 13.3 Å². The van der Waals surface area contributed by atoms with Crippen molar-refractivity contribution >= 4 is 22.7 Å². The maximum atomic E-state index is 13.3. The molecule has 26 heavy (non-hydrogen) atoms. The number of nitrogens with zero attached hydrogens (tertiary/aromatic N) is 2. The van der Waals surface area contributed by atoms with Gasteiger partial charge in [0.25, 0.3) is 0 Å². The molecule has 0 saturated heterocycles. The first-order chi connectivity index (χ1) is 12.5. The van der Waals surface area contributed by atoms with Crippen LogP contribution in [0.3, 0.4) is 0 Å². The molecule has 2 aromatic carbocycles. The largest absolute Gasteiger partial charge is 0.496 e. The van der Waals surface area contributed by atoms with Crippen LogP contribution in [0.2, 0.25) is 0 Å². The SMILES string of the molecule is COc1ccccc1/C=N/Nc1nc(C(F)(F)F)c(-c2ccccc2)s1. The van der Waals surface area contributed by atoms with Crippen molar-refractivity contribution in [2.24, 2.45) is 5.10 Å². The summed E-state index contributed by atoms with van der Waals surface area (Å²) in [5.74, 6) is 0.609. The van der Waals surface area contributed by atoms with Crippen molar-refractivity contribution in [2.75, 3.05) is 12.5 Å². The molecule has 0 aliphatic heterocycles. The normalized spacial score (nSPS) is 11.7. The van der Waals surface area contributed by atoms with E-state index in [2.05, 4.69) is 15.5 Å². The molecule has 0 aliphatic carbocycles. The minimum absolute atomic E-state index is 0.0492. The van der Waals surface area contributed by atoms with Crippen molar-refractivity contribution < 1.29 is 17.9 Å². The van der Waals surface area contributed by atoms with Crippen LogP contribution in [0.5, 0.6) is 5.75 Å². The highest BCUT2D eigenvalue weighted by molar-refractivity contribution is 7.19. The van der Waals surface area contributed by atoms with Crippen LogP contribution in [0.4, 0.5) is 18.3 Å². The molecule has 0 atom stereocenters. The minimum atomic E-state index is -4.55. The van der Waals surface area contributed by atoms with Gasteiger partial charge >= 0.3 is 6.18 Å². The number of halogens is 3. The number of thiazole rings is 1. The summed E-state index contributed by atoms with van der Waals surface area (Å²) in [4.78, 5) is 3.72. The Morgan fingerprint density at radius 2 is 1.77 bits per heavy atom. The summed E-state index contributed by atoms with van der Waals surface area (Å²) >= 11 is 0.897. The van der Waals surface area contributed by atoms with Gasteiger partial charge in [-0.1, -0.05) is 53.8 Å². The Balaban J connectivity index is 1.87. The molecule has 0 bridgehead atoms. The number of hydrazone groups is 1. The number of para-hydroxylation sites is 1. The van der Waals surface area contributed by atoms with E-state index in [9.17, 15) is 13.2 Å². The van der Waals surface area contributed by atoms with Crippen molar-refractivity contribution in [1.82, 2.24) is 4.98 Å². The van der Waals surface area contributed by atoms with Gasteiger partial charge in [-0.25, -0.2) is 4.98 Å². The second-order valence-corrected chi connectivity index (χ2v) is 6.17. The first-order valence-electron chi connectivity index (χ1n) is 7.54. The number of rotatable bonds is 5. The number of nitrogens with one attached hydrogen (secondary N) is 1. The van der Waals surface area contributed by atoms with E-state index >= 15 is 0 Å². The van der Waals surface area contributed by atoms with Crippen LogP contribution in [0, 0.1) is 0 Å². The summed E-state index contributed by atoms with van der Waals surface area (Å²) in [6, 6.07) is 15.5.